The van der Waals surface area contributed by atoms with E-state index in [1.165, 1.54) is 33.2 Å². The number of fused-ring (bicyclic) bond motifs is 3. The second-order valence-electron chi connectivity index (χ2n) is 17.4. The molecule has 287 valence electrons. The minimum Gasteiger partial charge on any atom is -0.512 e. The van der Waals surface area contributed by atoms with Crippen molar-refractivity contribution in [3.05, 3.63) is 83.8 Å². The van der Waals surface area contributed by atoms with Crippen molar-refractivity contribution in [3.8, 4) is 11.3 Å². The monoisotopic (exact) mass is 899 g/mol. The van der Waals surface area contributed by atoms with Gasteiger partial charge in [0.25, 0.3) is 0 Å². The molecule has 52 heavy (non-hydrogen) atoms. The smallest absolute Gasteiger partial charge is 0.162 e. The van der Waals surface area contributed by atoms with E-state index in [0.29, 0.717) is 40.3 Å². The number of hydrogen-bond donors (Lipinski definition) is 1. The molecule has 0 bridgehead atoms. The number of pyridine rings is 1. The van der Waals surface area contributed by atoms with Crippen LogP contribution in [0.5, 0.6) is 0 Å². The average molecular weight is 899 g/mol. The Hall–Kier alpha value is -2.59. The first-order valence-corrected chi connectivity index (χ1v) is 21.8. The van der Waals surface area contributed by atoms with Crippen molar-refractivity contribution in [1.82, 2.24) is 4.98 Å². The van der Waals surface area contributed by atoms with Crippen LogP contribution in [0.1, 0.15) is 108 Å². The molecule has 0 aliphatic carbocycles. The van der Waals surface area contributed by atoms with Crippen LogP contribution in [-0.2, 0) is 24.9 Å². The van der Waals surface area contributed by atoms with Gasteiger partial charge in [0.15, 0.2) is 5.78 Å². The zero-order valence-corrected chi connectivity index (χ0v) is 38.5. The van der Waals surface area contributed by atoms with Gasteiger partial charge in [0.2, 0.25) is 0 Å². The number of carbonyl (C=O) groups excluding carboxylic acids is 1. The molecule has 0 fully saturated rings. The number of ketones is 1. The Labute approximate surface area is 331 Å². The van der Waals surface area contributed by atoms with Gasteiger partial charge in [-0.2, -0.15) is 0 Å². The van der Waals surface area contributed by atoms with E-state index in [4.69, 9.17) is 4.98 Å². The summed E-state index contributed by atoms with van der Waals surface area (Å²) in [5, 5.41) is 17.2. The van der Waals surface area contributed by atoms with Crippen LogP contribution in [-0.4, -0.2) is 23.9 Å². The van der Waals surface area contributed by atoms with Crippen molar-refractivity contribution >= 4 is 40.6 Å². The molecule has 0 unspecified atom stereocenters. The summed E-state index contributed by atoms with van der Waals surface area (Å²) in [6, 6.07) is 21.8. The number of carbonyl (C=O) groups is 1. The quantitative estimate of drug-likeness (QED) is 0.0507. The summed E-state index contributed by atoms with van der Waals surface area (Å²) < 4.78 is 0. The molecular formula is C47H68IrNO2Si-. The minimum atomic E-state index is -1.77. The van der Waals surface area contributed by atoms with Crippen molar-refractivity contribution < 1.29 is 30.0 Å². The molecular weight excluding hydrogens is 831 g/mol. The fourth-order valence-electron chi connectivity index (χ4n) is 9.79. The van der Waals surface area contributed by atoms with Gasteiger partial charge < -0.3 is 10.1 Å². The third-order valence-corrected chi connectivity index (χ3v) is 18.5. The van der Waals surface area contributed by atoms with E-state index in [1.54, 1.807) is 5.19 Å². The predicted molar refractivity (Wildman–Crippen MR) is 226 cm³/mol. The van der Waals surface area contributed by atoms with Crippen LogP contribution in [0.3, 0.4) is 0 Å². The molecule has 4 rings (SSSR count). The number of aliphatic hydroxyl groups is 1. The zero-order valence-electron chi connectivity index (χ0n) is 35.1. The van der Waals surface area contributed by atoms with Crippen LogP contribution in [0.15, 0.2) is 66.6 Å². The Balaban J connectivity index is 0.000000406. The first kappa shape index (κ1) is 45.6. The van der Waals surface area contributed by atoms with Gasteiger partial charge >= 0.3 is 0 Å². The average Bonchev–Trinajstić information content (AvgIpc) is 2.99. The van der Waals surface area contributed by atoms with E-state index >= 15 is 0 Å². The maximum Gasteiger partial charge on any atom is 0.162 e. The van der Waals surface area contributed by atoms with Gasteiger partial charge in [-0.1, -0.05) is 146 Å². The summed E-state index contributed by atoms with van der Waals surface area (Å²) in [6.07, 6.45) is 3.45. The third-order valence-electron chi connectivity index (χ3n) is 11.4. The number of benzene rings is 3. The Morgan fingerprint density at radius 1 is 0.673 bits per heavy atom. The fourth-order valence-corrected chi connectivity index (χ4v) is 16.7. The maximum atomic E-state index is 12.3. The van der Waals surface area contributed by atoms with E-state index in [-0.39, 0.29) is 43.5 Å². The van der Waals surface area contributed by atoms with E-state index in [0.717, 1.165) is 16.8 Å². The van der Waals surface area contributed by atoms with Crippen LogP contribution >= 0.6 is 0 Å². The van der Waals surface area contributed by atoms with Gasteiger partial charge in [0.1, 0.15) is 0 Å². The van der Waals surface area contributed by atoms with Crippen molar-refractivity contribution in [2.45, 2.75) is 127 Å². The Morgan fingerprint density at radius 2 is 1.17 bits per heavy atom. The van der Waals surface area contributed by atoms with Crippen LogP contribution in [0, 0.1) is 55.4 Å². The molecule has 0 atom stereocenters. The first-order chi connectivity index (χ1) is 23.8. The van der Waals surface area contributed by atoms with Crippen LogP contribution in [0.4, 0.5) is 0 Å². The van der Waals surface area contributed by atoms with E-state index in [2.05, 4.69) is 165 Å². The number of aliphatic hydroxyl groups excluding tert-OH is 1. The summed E-state index contributed by atoms with van der Waals surface area (Å²) in [5.74, 6) is 1.63. The molecule has 0 aliphatic rings. The number of hydrogen-bond acceptors (Lipinski definition) is 3. The first-order valence-electron chi connectivity index (χ1n) is 19.5. The zero-order chi connectivity index (χ0) is 38.5. The standard InChI is InChI=1S/C30H36NSi.C17H32O2.Ir/c1-19(2)32(20(3)4,21(5)6)29-11-9-10-25-26-14-15-31-30(28(26)13-12-27(25)29)24-17-22(7)16-23(8)18-24;1-10(2)16(11(3)4)14(18)9-15(19)17(12(5)6)13(7)8;/h9-17,19-21H,1-8H3;9-13,16-18H,1-8H3;/q-1;;/b;14-9-;. The molecule has 3 aromatic carbocycles. The predicted octanol–water partition coefficient (Wildman–Crippen LogP) is 13.2. The van der Waals surface area contributed by atoms with Gasteiger partial charge in [-0.05, 0) is 73.6 Å². The number of allylic oxidation sites excluding steroid dienone is 2. The van der Waals surface area contributed by atoms with Gasteiger partial charge in [-0.15, -0.1) is 34.9 Å². The number of nitrogens with zero attached hydrogens (tertiary/aromatic N) is 1. The second kappa shape index (κ2) is 19.1. The molecule has 0 saturated heterocycles. The Morgan fingerprint density at radius 3 is 1.65 bits per heavy atom. The molecule has 4 aromatic rings. The van der Waals surface area contributed by atoms with Gasteiger partial charge in [-0.3, -0.25) is 4.79 Å². The van der Waals surface area contributed by atoms with Gasteiger partial charge in [0, 0.05) is 44.2 Å². The van der Waals surface area contributed by atoms with E-state index in [9.17, 15) is 9.90 Å². The molecule has 1 aromatic heterocycles. The van der Waals surface area contributed by atoms with E-state index < -0.39 is 8.07 Å². The second-order valence-corrected chi connectivity index (χ2v) is 23.2. The Kier molecular flexibility index (Phi) is 16.8. The van der Waals surface area contributed by atoms with Crippen LogP contribution in [0.2, 0.25) is 16.6 Å². The van der Waals surface area contributed by atoms with Crippen molar-refractivity contribution in [3.63, 3.8) is 0 Å². The maximum absolute atomic E-state index is 12.3. The molecule has 3 nitrogen and oxygen atoms in total. The molecule has 0 amide bonds. The van der Waals surface area contributed by atoms with Gasteiger partial charge in [0.05, 0.1) is 13.8 Å². The molecule has 0 saturated carbocycles. The normalized spacial score (nSPS) is 12.8. The van der Waals surface area contributed by atoms with Crippen molar-refractivity contribution in [2.24, 2.45) is 35.5 Å². The molecule has 1 heterocycles. The summed E-state index contributed by atoms with van der Waals surface area (Å²) in [5.41, 5.74) is 6.56. The Bertz CT molecular complexity index is 1760. The minimum absolute atomic E-state index is 0. The molecule has 0 spiro atoms. The molecule has 1 radical (unpaired) electrons. The molecule has 1 N–H and O–H groups in total. The topological polar surface area (TPSA) is 50.2 Å². The van der Waals surface area contributed by atoms with Crippen LogP contribution < -0.4 is 5.19 Å². The number of rotatable bonds is 12. The van der Waals surface area contributed by atoms with Crippen molar-refractivity contribution in [1.29, 1.82) is 0 Å². The number of aryl methyl sites for hydroxylation is 2. The van der Waals surface area contributed by atoms with Crippen molar-refractivity contribution in [2.75, 3.05) is 0 Å². The SMILES string of the molecule is CC(C)C(C(=O)/C=C(\O)C(C(C)C)C(C)C)C(C)C.Cc1[c-]c(-c2nccc3c2ccc2c([Si](C(C)C)(C(C)C)C(C)C)cccc23)cc(C)c1.[Ir]. The summed E-state index contributed by atoms with van der Waals surface area (Å²) in [7, 11) is -1.77. The molecule has 0 aliphatic heterocycles. The van der Waals surface area contributed by atoms with Crippen LogP contribution in [0.25, 0.3) is 32.8 Å². The third kappa shape index (κ3) is 9.73. The largest absolute Gasteiger partial charge is 0.512 e. The van der Waals surface area contributed by atoms with Gasteiger partial charge in [-0.25, -0.2) is 0 Å². The fraction of sp³-hybridized carbons (Fsp3) is 0.532. The summed E-state index contributed by atoms with van der Waals surface area (Å²) in [6.45, 7) is 35.5. The summed E-state index contributed by atoms with van der Waals surface area (Å²) in [4.78, 5) is 17.1. The summed E-state index contributed by atoms with van der Waals surface area (Å²) >= 11 is 0. The molecule has 5 heteroatoms. The van der Waals surface area contributed by atoms with E-state index in [1.807, 2.05) is 6.20 Å². The number of aromatic nitrogens is 1.